The van der Waals surface area contributed by atoms with Gasteiger partial charge in [-0.2, -0.15) is 0 Å². The second-order valence-electron chi connectivity index (χ2n) is 9.08. The summed E-state index contributed by atoms with van der Waals surface area (Å²) in [5.74, 6) is -0.0980. The summed E-state index contributed by atoms with van der Waals surface area (Å²) in [7, 11) is 2.96. The highest BCUT2D eigenvalue weighted by molar-refractivity contribution is 6.14. The van der Waals surface area contributed by atoms with E-state index in [9.17, 15) is 9.59 Å². The number of pyridine rings is 1. The summed E-state index contributed by atoms with van der Waals surface area (Å²) in [6.07, 6.45) is 3.51. The van der Waals surface area contributed by atoms with Gasteiger partial charge in [0.2, 0.25) is 0 Å². The summed E-state index contributed by atoms with van der Waals surface area (Å²) in [5.41, 5.74) is 3.45. The molecule has 1 fully saturated rings. The van der Waals surface area contributed by atoms with E-state index >= 15 is 0 Å². The molecule has 9 heteroatoms. The number of methoxy groups -OCH3 is 2. The Kier molecular flexibility index (Phi) is 7.55. The van der Waals surface area contributed by atoms with E-state index in [1.807, 2.05) is 36.4 Å². The zero-order valence-corrected chi connectivity index (χ0v) is 21.4. The lowest BCUT2D eigenvalue weighted by Gasteiger charge is -2.14. The highest BCUT2D eigenvalue weighted by Crippen LogP contribution is 2.34. The standard InChI is InChI=1S/C29H30N4O5/c1-36-22-12-10-19(11-13-22)16-30-21-15-24-25(32-28(34)20-7-4-3-5-8-20)26(29(35)37-2)33(27(24)31-17-21)18-23-9-6-14-38-23/h3-5,7-8,10-13,15,17,23,30H,6,9,14,16,18H2,1-2H3,(H,32,34). The van der Waals surface area contributed by atoms with Crippen LogP contribution in [0.2, 0.25) is 0 Å². The van der Waals surface area contributed by atoms with Gasteiger partial charge in [0, 0.05) is 24.1 Å². The third-order valence-electron chi connectivity index (χ3n) is 6.62. The van der Waals surface area contributed by atoms with Crippen molar-refractivity contribution >= 4 is 34.3 Å². The largest absolute Gasteiger partial charge is 0.497 e. The molecule has 1 aliphatic heterocycles. The highest BCUT2D eigenvalue weighted by atomic mass is 16.5. The minimum absolute atomic E-state index is 0.0543. The van der Waals surface area contributed by atoms with Gasteiger partial charge in [-0.25, -0.2) is 9.78 Å². The molecule has 2 aromatic carbocycles. The molecule has 0 saturated carbocycles. The first-order valence-electron chi connectivity index (χ1n) is 12.5. The van der Waals surface area contributed by atoms with Crippen LogP contribution in [0.25, 0.3) is 11.0 Å². The van der Waals surface area contributed by atoms with Gasteiger partial charge < -0.3 is 29.4 Å². The van der Waals surface area contributed by atoms with Crippen molar-refractivity contribution in [2.75, 3.05) is 31.5 Å². The lowest BCUT2D eigenvalue weighted by atomic mass is 10.2. The molecule has 1 aliphatic rings. The molecule has 0 aliphatic carbocycles. The summed E-state index contributed by atoms with van der Waals surface area (Å²) in [6, 6.07) is 18.5. The van der Waals surface area contributed by atoms with Gasteiger partial charge in [0.1, 0.15) is 11.4 Å². The molecule has 1 saturated heterocycles. The van der Waals surface area contributed by atoms with Crippen molar-refractivity contribution in [1.82, 2.24) is 9.55 Å². The van der Waals surface area contributed by atoms with Crippen LogP contribution in [0, 0.1) is 0 Å². The van der Waals surface area contributed by atoms with Crippen LogP contribution in [0.1, 0.15) is 39.3 Å². The van der Waals surface area contributed by atoms with Crippen LogP contribution in [-0.2, 0) is 22.6 Å². The van der Waals surface area contributed by atoms with Crippen molar-refractivity contribution in [3.63, 3.8) is 0 Å². The molecule has 0 bridgehead atoms. The number of hydrogen-bond acceptors (Lipinski definition) is 7. The van der Waals surface area contributed by atoms with Gasteiger partial charge >= 0.3 is 5.97 Å². The van der Waals surface area contributed by atoms with Crippen LogP contribution < -0.4 is 15.4 Å². The first kappa shape index (κ1) is 25.3. The summed E-state index contributed by atoms with van der Waals surface area (Å²) in [5, 5.41) is 6.97. The zero-order chi connectivity index (χ0) is 26.5. The van der Waals surface area contributed by atoms with Gasteiger partial charge in [-0.15, -0.1) is 0 Å². The maximum Gasteiger partial charge on any atom is 0.356 e. The van der Waals surface area contributed by atoms with Crippen LogP contribution in [0.15, 0.2) is 66.9 Å². The molecule has 2 N–H and O–H groups in total. The van der Waals surface area contributed by atoms with Gasteiger partial charge in [-0.05, 0) is 48.7 Å². The van der Waals surface area contributed by atoms with E-state index in [4.69, 9.17) is 19.2 Å². The minimum Gasteiger partial charge on any atom is -0.497 e. The highest BCUT2D eigenvalue weighted by Gasteiger charge is 2.29. The number of hydrogen-bond donors (Lipinski definition) is 2. The Labute approximate surface area is 220 Å². The smallest absolute Gasteiger partial charge is 0.356 e. The molecule has 3 heterocycles. The van der Waals surface area contributed by atoms with Gasteiger partial charge in [-0.1, -0.05) is 30.3 Å². The average Bonchev–Trinajstić information content (AvgIpc) is 3.58. The molecule has 1 amide bonds. The summed E-state index contributed by atoms with van der Waals surface area (Å²) < 4.78 is 18.0. The van der Waals surface area contributed by atoms with E-state index in [0.29, 0.717) is 42.0 Å². The number of carbonyl (C=O) groups is 2. The third kappa shape index (κ3) is 5.33. The molecular formula is C29H30N4O5. The fourth-order valence-corrected chi connectivity index (χ4v) is 4.65. The number of amides is 1. The normalized spacial score (nSPS) is 14.8. The Hall–Kier alpha value is -4.37. The number of nitrogens with one attached hydrogen (secondary N) is 2. The zero-order valence-electron chi connectivity index (χ0n) is 21.4. The number of ether oxygens (including phenoxy) is 3. The lowest BCUT2D eigenvalue weighted by Crippen LogP contribution is -2.21. The van der Waals surface area contributed by atoms with E-state index in [0.717, 1.165) is 29.8 Å². The van der Waals surface area contributed by atoms with Gasteiger partial charge in [0.15, 0.2) is 5.69 Å². The number of fused-ring (bicyclic) bond motifs is 1. The predicted octanol–water partition coefficient (Wildman–Crippen LogP) is 4.87. The van der Waals surface area contributed by atoms with E-state index in [1.165, 1.54) is 7.11 Å². The second kappa shape index (κ2) is 11.4. The monoisotopic (exact) mass is 514 g/mol. The number of rotatable bonds is 9. The summed E-state index contributed by atoms with van der Waals surface area (Å²) >= 11 is 0. The number of carbonyl (C=O) groups excluding carboxylic acids is 2. The number of anilines is 2. The summed E-state index contributed by atoms with van der Waals surface area (Å²) in [6.45, 7) is 1.67. The average molecular weight is 515 g/mol. The molecule has 1 atom stereocenters. The van der Waals surface area contributed by atoms with Crippen molar-refractivity contribution in [3.05, 3.63) is 83.7 Å². The van der Waals surface area contributed by atoms with Crippen molar-refractivity contribution in [2.24, 2.45) is 0 Å². The Bertz CT molecular complexity index is 1430. The lowest BCUT2D eigenvalue weighted by molar-refractivity contribution is 0.0580. The molecule has 0 radical (unpaired) electrons. The first-order valence-corrected chi connectivity index (χ1v) is 12.5. The van der Waals surface area contributed by atoms with Gasteiger partial charge in [0.05, 0.1) is 44.4 Å². The number of esters is 1. The molecule has 4 aromatic rings. The third-order valence-corrected chi connectivity index (χ3v) is 6.62. The molecular weight excluding hydrogens is 484 g/mol. The maximum atomic E-state index is 13.2. The number of aromatic nitrogens is 2. The number of nitrogens with zero attached hydrogens (tertiary/aromatic N) is 2. The predicted molar refractivity (Wildman–Crippen MR) is 145 cm³/mol. The number of benzene rings is 2. The Morgan fingerprint density at radius 1 is 1.11 bits per heavy atom. The molecule has 2 aromatic heterocycles. The van der Waals surface area contributed by atoms with Crippen LogP contribution >= 0.6 is 0 Å². The quantitative estimate of drug-likeness (QED) is 0.307. The Balaban J connectivity index is 1.54. The second-order valence-corrected chi connectivity index (χ2v) is 9.08. The molecule has 9 nitrogen and oxygen atoms in total. The fraction of sp³-hybridized carbons (Fsp3) is 0.276. The molecule has 5 rings (SSSR count). The van der Waals surface area contributed by atoms with E-state index in [1.54, 1.807) is 42.1 Å². The van der Waals surface area contributed by atoms with Crippen LogP contribution in [-0.4, -0.2) is 48.4 Å². The molecule has 196 valence electrons. The Morgan fingerprint density at radius 3 is 2.58 bits per heavy atom. The van der Waals surface area contributed by atoms with Gasteiger partial charge in [0.25, 0.3) is 5.91 Å². The van der Waals surface area contributed by atoms with Crippen molar-refractivity contribution < 1.29 is 23.8 Å². The van der Waals surface area contributed by atoms with Crippen molar-refractivity contribution in [2.45, 2.75) is 32.0 Å². The topological polar surface area (TPSA) is 104 Å². The van der Waals surface area contributed by atoms with Crippen LogP contribution in [0.4, 0.5) is 11.4 Å². The van der Waals surface area contributed by atoms with Gasteiger partial charge in [-0.3, -0.25) is 4.79 Å². The van der Waals surface area contributed by atoms with Crippen molar-refractivity contribution in [1.29, 1.82) is 0 Å². The Morgan fingerprint density at radius 2 is 1.89 bits per heavy atom. The SMILES string of the molecule is COC(=O)c1c(NC(=O)c2ccccc2)c2cc(NCc3ccc(OC)cc3)cnc2n1CC1CCCO1. The fourth-order valence-electron chi connectivity index (χ4n) is 4.65. The van der Waals surface area contributed by atoms with Crippen LogP contribution in [0.3, 0.4) is 0 Å². The van der Waals surface area contributed by atoms with E-state index in [2.05, 4.69) is 10.6 Å². The minimum atomic E-state index is -0.558. The van der Waals surface area contributed by atoms with Crippen molar-refractivity contribution in [3.8, 4) is 5.75 Å². The van der Waals surface area contributed by atoms with E-state index < -0.39 is 5.97 Å². The van der Waals surface area contributed by atoms with Crippen LogP contribution in [0.5, 0.6) is 5.75 Å². The molecule has 0 spiro atoms. The van der Waals surface area contributed by atoms with E-state index in [-0.39, 0.29) is 17.7 Å². The molecule has 1 unspecified atom stereocenters. The molecule has 38 heavy (non-hydrogen) atoms. The first-order chi connectivity index (χ1) is 18.6. The maximum absolute atomic E-state index is 13.2. The summed E-state index contributed by atoms with van der Waals surface area (Å²) in [4.78, 5) is 31.0.